The van der Waals surface area contributed by atoms with Crippen molar-refractivity contribution in [3.8, 4) is 0 Å². The van der Waals surface area contributed by atoms with Crippen LogP contribution in [0.4, 0.5) is 0 Å². The Morgan fingerprint density at radius 1 is 1.12 bits per heavy atom. The molecule has 1 aliphatic heterocycles. The zero-order valence-electron chi connectivity index (χ0n) is 15.4. The van der Waals surface area contributed by atoms with Gasteiger partial charge in [0, 0.05) is 39.1 Å². The first-order valence-corrected chi connectivity index (χ1v) is 10.3. The predicted molar refractivity (Wildman–Crippen MR) is 98.9 cm³/mol. The molecule has 0 saturated carbocycles. The van der Waals surface area contributed by atoms with E-state index in [-0.39, 0.29) is 10.8 Å². The SMILES string of the molecule is CNS(=O)(=O)c1ccc(CCC(=O)N2CCN(CC(C)C)CC2)cc1. The summed E-state index contributed by atoms with van der Waals surface area (Å²) in [7, 11) is -2.02. The van der Waals surface area contributed by atoms with E-state index in [0.29, 0.717) is 18.8 Å². The highest BCUT2D eigenvalue weighted by atomic mass is 32.2. The number of amides is 1. The fourth-order valence-electron chi connectivity index (χ4n) is 3.06. The average Bonchev–Trinajstić information content (AvgIpc) is 2.60. The van der Waals surface area contributed by atoms with Gasteiger partial charge in [-0.05, 0) is 37.1 Å². The van der Waals surface area contributed by atoms with Gasteiger partial charge in [-0.15, -0.1) is 0 Å². The maximum atomic E-state index is 12.4. The highest BCUT2D eigenvalue weighted by Gasteiger charge is 2.21. The normalized spacial score (nSPS) is 16.4. The Bertz CT molecular complexity index is 663. The minimum absolute atomic E-state index is 0.177. The highest BCUT2D eigenvalue weighted by molar-refractivity contribution is 7.89. The molecule has 25 heavy (non-hydrogen) atoms. The van der Waals surface area contributed by atoms with Gasteiger partial charge in [0.2, 0.25) is 15.9 Å². The number of piperazine rings is 1. The molecule has 0 aliphatic carbocycles. The Hall–Kier alpha value is -1.44. The molecule has 1 heterocycles. The number of hydrogen-bond acceptors (Lipinski definition) is 4. The van der Waals surface area contributed by atoms with E-state index < -0.39 is 10.0 Å². The molecular formula is C18H29N3O3S. The maximum Gasteiger partial charge on any atom is 0.240 e. The molecule has 0 bridgehead atoms. The van der Waals surface area contributed by atoms with Gasteiger partial charge < -0.3 is 4.90 Å². The topological polar surface area (TPSA) is 69.7 Å². The van der Waals surface area contributed by atoms with Crippen molar-refractivity contribution < 1.29 is 13.2 Å². The Balaban J connectivity index is 1.81. The number of nitrogens with one attached hydrogen (secondary N) is 1. The fraction of sp³-hybridized carbons (Fsp3) is 0.611. The quantitative estimate of drug-likeness (QED) is 0.789. The molecular weight excluding hydrogens is 338 g/mol. The van der Waals surface area contributed by atoms with Crippen molar-refractivity contribution in [3.63, 3.8) is 0 Å². The number of aryl methyl sites for hydroxylation is 1. The summed E-state index contributed by atoms with van der Waals surface area (Å²) in [4.78, 5) is 17.0. The number of carbonyl (C=O) groups is 1. The third-order valence-corrected chi connectivity index (χ3v) is 5.91. The first-order valence-electron chi connectivity index (χ1n) is 8.84. The zero-order valence-corrected chi connectivity index (χ0v) is 16.2. The van der Waals surface area contributed by atoms with Crippen LogP contribution in [-0.2, 0) is 21.2 Å². The minimum atomic E-state index is -3.41. The molecule has 1 N–H and O–H groups in total. The first kappa shape index (κ1) is 19.9. The second kappa shape index (κ2) is 8.78. The van der Waals surface area contributed by atoms with Crippen molar-refractivity contribution in [3.05, 3.63) is 29.8 Å². The molecule has 1 aliphatic rings. The molecule has 0 atom stereocenters. The minimum Gasteiger partial charge on any atom is -0.340 e. The predicted octanol–water partition coefficient (Wildman–Crippen LogP) is 1.33. The van der Waals surface area contributed by atoms with E-state index in [0.717, 1.165) is 38.3 Å². The van der Waals surface area contributed by atoms with Crippen molar-refractivity contribution in [1.82, 2.24) is 14.5 Å². The number of sulfonamides is 1. The van der Waals surface area contributed by atoms with Crippen LogP contribution in [0, 0.1) is 5.92 Å². The summed E-state index contributed by atoms with van der Waals surface area (Å²) in [6.45, 7) is 9.00. The summed E-state index contributed by atoms with van der Waals surface area (Å²) in [6, 6.07) is 6.71. The molecule has 1 amide bonds. The van der Waals surface area contributed by atoms with E-state index in [2.05, 4.69) is 23.5 Å². The summed E-state index contributed by atoms with van der Waals surface area (Å²) in [5.41, 5.74) is 0.974. The van der Waals surface area contributed by atoms with E-state index in [1.54, 1.807) is 24.3 Å². The van der Waals surface area contributed by atoms with Gasteiger partial charge >= 0.3 is 0 Å². The molecule has 0 radical (unpaired) electrons. The van der Waals surface area contributed by atoms with Crippen molar-refractivity contribution in [1.29, 1.82) is 0 Å². The van der Waals surface area contributed by atoms with Crippen molar-refractivity contribution in [2.75, 3.05) is 39.8 Å². The Morgan fingerprint density at radius 3 is 2.24 bits per heavy atom. The lowest BCUT2D eigenvalue weighted by atomic mass is 10.1. The van der Waals surface area contributed by atoms with Crippen LogP contribution in [-0.4, -0.2) is 63.9 Å². The second-order valence-corrected chi connectivity index (χ2v) is 8.81. The van der Waals surface area contributed by atoms with Gasteiger partial charge in [0.15, 0.2) is 0 Å². The van der Waals surface area contributed by atoms with E-state index in [1.807, 2.05) is 4.90 Å². The summed E-state index contributed by atoms with van der Waals surface area (Å²) >= 11 is 0. The number of carbonyl (C=O) groups excluding carboxylic acids is 1. The molecule has 2 rings (SSSR count). The summed E-state index contributed by atoms with van der Waals surface area (Å²) in [5, 5.41) is 0. The van der Waals surface area contributed by atoms with E-state index >= 15 is 0 Å². The van der Waals surface area contributed by atoms with Gasteiger partial charge in [-0.25, -0.2) is 13.1 Å². The first-order chi connectivity index (χ1) is 11.8. The van der Waals surface area contributed by atoms with Crippen LogP contribution in [0.25, 0.3) is 0 Å². The lowest BCUT2D eigenvalue weighted by molar-refractivity contribution is -0.132. The maximum absolute atomic E-state index is 12.4. The Kier molecular flexibility index (Phi) is 6.98. The molecule has 1 fully saturated rings. The number of rotatable bonds is 7. The van der Waals surface area contributed by atoms with Gasteiger partial charge in [0.25, 0.3) is 0 Å². The largest absolute Gasteiger partial charge is 0.340 e. The zero-order chi connectivity index (χ0) is 18.4. The smallest absolute Gasteiger partial charge is 0.240 e. The lowest BCUT2D eigenvalue weighted by Gasteiger charge is -2.35. The summed E-state index contributed by atoms with van der Waals surface area (Å²) in [5.74, 6) is 0.827. The molecule has 140 valence electrons. The summed E-state index contributed by atoms with van der Waals surface area (Å²) in [6.07, 6.45) is 1.09. The number of benzene rings is 1. The van der Waals surface area contributed by atoms with Crippen molar-refractivity contribution in [2.45, 2.75) is 31.6 Å². The van der Waals surface area contributed by atoms with Crippen LogP contribution >= 0.6 is 0 Å². The monoisotopic (exact) mass is 367 g/mol. The molecule has 0 spiro atoms. The highest BCUT2D eigenvalue weighted by Crippen LogP contribution is 2.13. The van der Waals surface area contributed by atoms with Crippen LogP contribution in [0.1, 0.15) is 25.8 Å². The van der Waals surface area contributed by atoms with Gasteiger partial charge in [0.1, 0.15) is 0 Å². The van der Waals surface area contributed by atoms with Gasteiger partial charge in [-0.2, -0.15) is 0 Å². The molecule has 0 aromatic heterocycles. The molecule has 1 aromatic carbocycles. The molecule has 7 heteroatoms. The third-order valence-electron chi connectivity index (χ3n) is 4.48. The Morgan fingerprint density at radius 2 is 1.72 bits per heavy atom. The molecule has 1 saturated heterocycles. The standard InChI is InChI=1S/C18H29N3O3S/c1-15(2)14-20-10-12-21(13-11-20)18(22)9-6-16-4-7-17(8-5-16)25(23,24)19-3/h4-5,7-8,15,19H,6,9-14H2,1-3H3. The summed E-state index contributed by atoms with van der Waals surface area (Å²) < 4.78 is 25.7. The van der Waals surface area contributed by atoms with Crippen molar-refractivity contribution in [2.24, 2.45) is 5.92 Å². The van der Waals surface area contributed by atoms with E-state index in [4.69, 9.17) is 0 Å². The van der Waals surface area contributed by atoms with Crippen LogP contribution in [0.3, 0.4) is 0 Å². The van der Waals surface area contributed by atoms with Crippen LogP contribution in [0.15, 0.2) is 29.2 Å². The van der Waals surface area contributed by atoms with Crippen LogP contribution in [0.5, 0.6) is 0 Å². The Labute approximate surface area is 151 Å². The van der Waals surface area contributed by atoms with Gasteiger partial charge in [-0.3, -0.25) is 9.69 Å². The van der Waals surface area contributed by atoms with Gasteiger partial charge in [0.05, 0.1) is 4.90 Å². The van der Waals surface area contributed by atoms with E-state index in [1.165, 1.54) is 7.05 Å². The molecule has 6 nitrogen and oxygen atoms in total. The second-order valence-electron chi connectivity index (χ2n) is 6.93. The number of hydrogen-bond donors (Lipinski definition) is 1. The van der Waals surface area contributed by atoms with Crippen LogP contribution in [0.2, 0.25) is 0 Å². The average molecular weight is 368 g/mol. The van der Waals surface area contributed by atoms with Crippen molar-refractivity contribution >= 4 is 15.9 Å². The lowest BCUT2D eigenvalue weighted by Crippen LogP contribution is -2.49. The molecule has 1 aromatic rings. The number of nitrogens with zero attached hydrogens (tertiary/aromatic N) is 2. The fourth-order valence-corrected chi connectivity index (χ4v) is 3.79. The molecule has 0 unspecified atom stereocenters. The van der Waals surface area contributed by atoms with Crippen LogP contribution < -0.4 is 4.72 Å². The van der Waals surface area contributed by atoms with Gasteiger partial charge in [-0.1, -0.05) is 26.0 Å². The van der Waals surface area contributed by atoms with E-state index in [9.17, 15) is 13.2 Å². The third kappa shape index (κ3) is 5.80.